The maximum absolute atomic E-state index is 11.5. The van der Waals surface area contributed by atoms with E-state index in [1.54, 1.807) is 13.1 Å². The number of hydrogen-bond donors (Lipinski definition) is 3. The molecule has 4 N–H and O–H groups in total. The van der Waals surface area contributed by atoms with Crippen LogP contribution in [-0.4, -0.2) is 23.2 Å². The highest BCUT2D eigenvalue weighted by atomic mass is 16.5. The summed E-state index contributed by atoms with van der Waals surface area (Å²) in [6.07, 6.45) is 0.510. The summed E-state index contributed by atoms with van der Waals surface area (Å²) in [4.78, 5) is 16.0. The van der Waals surface area contributed by atoms with E-state index >= 15 is 0 Å². The van der Waals surface area contributed by atoms with Crippen LogP contribution in [0.1, 0.15) is 17.3 Å². The van der Waals surface area contributed by atoms with Crippen molar-refractivity contribution in [2.45, 2.75) is 12.5 Å². The average Bonchev–Trinajstić information content (AvgIpc) is 3.18. The number of amides is 2. The molecular weight excluding hydrogens is 366 g/mol. The van der Waals surface area contributed by atoms with Crippen LogP contribution < -0.4 is 16.4 Å². The molecule has 0 saturated carbocycles. The predicted molar refractivity (Wildman–Crippen MR) is 112 cm³/mol. The van der Waals surface area contributed by atoms with Crippen LogP contribution in [0, 0.1) is 0 Å². The first-order valence-electron chi connectivity index (χ1n) is 9.29. The van der Waals surface area contributed by atoms with E-state index in [2.05, 4.69) is 20.8 Å². The number of carbonyl (C=O) groups is 1. The zero-order valence-corrected chi connectivity index (χ0v) is 15.9. The van der Waals surface area contributed by atoms with Gasteiger partial charge in [0.25, 0.3) is 0 Å². The summed E-state index contributed by atoms with van der Waals surface area (Å²) in [6.45, 7) is 0. The van der Waals surface area contributed by atoms with Gasteiger partial charge in [-0.1, -0.05) is 47.6 Å². The van der Waals surface area contributed by atoms with Crippen molar-refractivity contribution in [2.75, 3.05) is 12.4 Å². The van der Waals surface area contributed by atoms with Crippen LogP contribution in [0.3, 0.4) is 0 Å². The number of para-hydroxylation sites is 1. The standard InChI is InChI=1S/C22H21N5O2/c1-24-22(28)26-20-12-6-7-14(25-20)13-18(23)15-8-2-3-9-16(15)21-17-10-4-5-11-19(17)29-27-21/h2-12,18H,13,23H2,1H3,(H2,24,25,26,28)/t18-/m0/s1. The van der Waals surface area contributed by atoms with Crippen molar-refractivity contribution < 1.29 is 9.32 Å². The van der Waals surface area contributed by atoms with Gasteiger partial charge in [-0.25, -0.2) is 9.78 Å². The molecule has 0 spiro atoms. The molecule has 0 saturated heterocycles. The molecule has 0 unspecified atom stereocenters. The van der Waals surface area contributed by atoms with Crippen LogP contribution in [0.2, 0.25) is 0 Å². The van der Waals surface area contributed by atoms with E-state index in [1.165, 1.54) is 0 Å². The third-order valence-electron chi connectivity index (χ3n) is 4.70. The number of nitrogens with one attached hydrogen (secondary N) is 2. The van der Waals surface area contributed by atoms with Crippen molar-refractivity contribution in [3.05, 3.63) is 78.0 Å². The lowest BCUT2D eigenvalue weighted by molar-refractivity contribution is 0.254. The summed E-state index contributed by atoms with van der Waals surface area (Å²) in [5, 5.41) is 10.4. The van der Waals surface area contributed by atoms with Crippen molar-refractivity contribution >= 4 is 22.8 Å². The third kappa shape index (κ3) is 3.95. The van der Waals surface area contributed by atoms with E-state index in [1.807, 2.05) is 60.7 Å². The molecule has 29 heavy (non-hydrogen) atoms. The Hall–Kier alpha value is -3.71. The fourth-order valence-corrected chi connectivity index (χ4v) is 3.29. The quantitative estimate of drug-likeness (QED) is 0.482. The van der Waals surface area contributed by atoms with Crippen LogP contribution >= 0.6 is 0 Å². The smallest absolute Gasteiger partial charge is 0.320 e. The fraction of sp³-hybridized carbons (Fsp3) is 0.136. The first-order chi connectivity index (χ1) is 14.2. The van der Waals surface area contributed by atoms with Gasteiger partial charge in [0.2, 0.25) is 0 Å². The average molecular weight is 387 g/mol. The second-order valence-corrected chi connectivity index (χ2v) is 6.64. The zero-order valence-electron chi connectivity index (χ0n) is 15.9. The second kappa shape index (κ2) is 8.12. The van der Waals surface area contributed by atoms with Gasteiger partial charge >= 0.3 is 6.03 Å². The number of urea groups is 1. The molecule has 0 aliphatic heterocycles. The summed E-state index contributed by atoms with van der Waals surface area (Å²) >= 11 is 0. The molecule has 4 rings (SSSR count). The number of fused-ring (bicyclic) bond motifs is 1. The molecular formula is C22H21N5O2. The van der Waals surface area contributed by atoms with Crippen LogP contribution in [0.15, 0.2) is 71.3 Å². The largest absolute Gasteiger partial charge is 0.356 e. The molecule has 4 aromatic rings. The van der Waals surface area contributed by atoms with E-state index in [0.717, 1.165) is 33.5 Å². The lowest BCUT2D eigenvalue weighted by atomic mass is 9.94. The molecule has 7 heteroatoms. The number of nitrogens with zero attached hydrogens (tertiary/aromatic N) is 2. The van der Waals surface area contributed by atoms with Gasteiger partial charge in [0.1, 0.15) is 11.5 Å². The van der Waals surface area contributed by atoms with Crippen molar-refractivity contribution in [3.8, 4) is 11.3 Å². The van der Waals surface area contributed by atoms with Crippen LogP contribution in [-0.2, 0) is 6.42 Å². The minimum atomic E-state index is -0.317. The van der Waals surface area contributed by atoms with Gasteiger partial charge in [0, 0.05) is 36.2 Å². The minimum absolute atomic E-state index is 0.301. The van der Waals surface area contributed by atoms with Crippen LogP contribution in [0.4, 0.5) is 10.6 Å². The Bertz CT molecular complexity index is 1150. The van der Waals surface area contributed by atoms with Gasteiger partial charge in [0.15, 0.2) is 5.58 Å². The molecule has 1 atom stereocenters. The number of pyridine rings is 1. The topological polar surface area (TPSA) is 106 Å². The van der Waals surface area contributed by atoms with Gasteiger partial charge in [-0.3, -0.25) is 5.32 Å². The second-order valence-electron chi connectivity index (χ2n) is 6.64. The number of rotatable bonds is 5. The number of benzene rings is 2. The summed E-state index contributed by atoms with van der Waals surface area (Å²) in [5.41, 5.74) is 10.7. The lowest BCUT2D eigenvalue weighted by Crippen LogP contribution is -2.25. The predicted octanol–water partition coefficient (Wildman–Crippen LogP) is 3.88. The number of anilines is 1. The van der Waals surface area contributed by atoms with Gasteiger partial charge in [-0.2, -0.15) is 0 Å². The summed E-state index contributed by atoms with van der Waals surface area (Å²) in [6, 6.07) is 20.5. The number of carbonyl (C=O) groups excluding carboxylic acids is 1. The Morgan fingerprint density at radius 2 is 1.86 bits per heavy atom. The monoisotopic (exact) mass is 387 g/mol. The molecule has 2 aromatic carbocycles. The van der Waals surface area contributed by atoms with Gasteiger partial charge < -0.3 is 15.6 Å². The van der Waals surface area contributed by atoms with E-state index in [-0.39, 0.29) is 12.1 Å². The van der Waals surface area contributed by atoms with Crippen molar-refractivity contribution in [1.82, 2.24) is 15.5 Å². The molecule has 7 nitrogen and oxygen atoms in total. The van der Waals surface area contributed by atoms with Gasteiger partial charge in [0.05, 0.1) is 0 Å². The molecule has 0 aliphatic rings. The van der Waals surface area contributed by atoms with Crippen LogP contribution in [0.25, 0.3) is 22.2 Å². The third-order valence-corrected chi connectivity index (χ3v) is 4.70. The van der Waals surface area contributed by atoms with Gasteiger partial charge in [-0.15, -0.1) is 0 Å². The first kappa shape index (κ1) is 18.6. The molecule has 2 aromatic heterocycles. The van der Waals surface area contributed by atoms with E-state index in [0.29, 0.717) is 12.2 Å². The minimum Gasteiger partial charge on any atom is -0.356 e. The number of aromatic nitrogens is 2. The normalized spacial score (nSPS) is 11.9. The Morgan fingerprint density at radius 1 is 1.07 bits per heavy atom. The number of nitrogens with two attached hydrogens (primary N) is 1. The summed E-state index contributed by atoms with van der Waals surface area (Å²) in [7, 11) is 1.56. The Balaban J connectivity index is 1.63. The lowest BCUT2D eigenvalue weighted by Gasteiger charge is -2.16. The van der Waals surface area contributed by atoms with Crippen molar-refractivity contribution in [3.63, 3.8) is 0 Å². The first-order valence-corrected chi connectivity index (χ1v) is 9.29. The van der Waals surface area contributed by atoms with E-state index < -0.39 is 0 Å². The highest BCUT2D eigenvalue weighted by molar-refractivity contribution is 5.92. The molecule has 0 aliphatic carbocycles. The fourth-order valence-electron chi connectivity index (χ4n) is 3.29. The Kier molecular flexibility index (Phi) is 5.22. The highest BCUT2D eigenvalue weighted by Crippen LogP contribution is 2.33. The molecule has 0 radical (unpaired) electrons. The maximum atomic E-state index is 11.5. The van der Waals surface area contributed by atoms with Crippen LogP contribution in [0.5, 0.6) is 0 Å². The molecule has 2 heterocycles. The van der Waals surface area contributed by atoms with E-state index in [9.17, 15) is 4.79 Å². The Morgan fingerprint density at radius 3 is 2.72 bits per heavy atom. The Labute approximate surface area is 167 Å². The molecule has 146 valence electrons. The molecule has 2 amide bonds. The van der Waals surface area contributed by atoms with Gasteiger partial charge in [-0.05, 0) is 29.8 Å². The van der Waals surface area contributed by atoms with E-state index in [4.69, 9.17) is 10.3 Å². The van der Waals surface area contributed by atoms with Crippen molar-refractivity contribution in [1.29, 1.82) is 0 Å². The summed E-state index contributed by atoms with van der Waals surface area (Å²) in [5.74, 6) is 0.477. The molecule has 0 fully saturated rings. The zero-order chi connectivity index (χ0) is 20.2. The summed E-state index contributed by atoms with van der Waals surface area (Å²) < 4.78 is 5.47. The molecule has 0 bridgehead atoms. The maximum Gasteiger partial charge on any atom is 0.320 e. The highest BCUT2D eigenvalue weighted by Gasteiger charge is 2.18. The number of hydrogen-bond acceptors (Lipinski definition) is 5. The SMILES string of the molecule is CNC(=O)Nc1cccc(C[C@H](N)c2ccccc2-c2noc3ccccc23)n1. The van der Waals surface area contributed by atoms with Crippen molar-refractivity contribution in [2.24, 2.45) is 5.73 Å².